The van der Waals surface area contributed by atoms with Crippen molar-refractivity contribution in [3.63, 3.8) is 0 Å². The van der Waals surface area contributed by atoms with Crippen LogP contribution in [0.1, 0.15) is 16.8 Å². The molecule has 2 aliphatic heterocycles. The van der Waals surface area contributed by atoms with Gasteiger partial charge < -0.3 is 14.2 Å². The summed E-state index contributed by atoms with van der Waals surface area (Å²) in [5, 5.41) is 4.38. The maximum absolute atomic E-state index is 12.9. The van der Waals surface area contributed by atoms with Gasteiger partial charge in [0.25, 0.3) is 5.56 Å². The molecule has 0 saturated carbocycles. The lowest BCUT2D eigenvalue weighted by atomic mass is 10.1. The summed E-state index contributed by atoms with van der Waals surface area (Å²) in [5.41, 5.74) is 1.46. The molecule has 26 heavy (non-hydrogen) atoms. The Hall–Kier alpha value is -2.93. The average molecular weight is 354 g/mol. The molecule has 2 heterocycles. The maximum atomic E-state index is 12.9. The van der Waals surface area contributed by atoms with Crippen molar-refractivity contribution in [2.75, 3.05) is 27.7 Å². The smallest absolute Gasteiger partial charge is 0.341 e. The SMILES string of the molecule is COC(=O)c1cn(CCCN(C)C)cc2c(=O)n(-c3ccccc3)nc1-2. The Labute approximate surface area is 151 Å². The fourth-order valence-corrected chi connectivity index (χ4v) is 2.86. The van der Waals surface area contributed by atoms with E-state index in [9.17, 15) is 9.59 Å². The number of pyridine rings is 1. The van der Waals surface area contributed by atoms with Crippen molar-refractivity contribution in [2.24, 2.45) is 0 Å². The monoisotopic (exact) mass is 354 g/mol. The summed E-state index contributed by atoms with van der Waals surface area (Å²) in [4.78, 5) is 27.2. The first-order valence-corrected chi connectivity index (χ1v) is 8.42. The number of benzene rings is 1. The van der Waals surface area contributed by atoms with Crippen LogP contribution in [0.3, 0.4) is 0 Å². The fraction of sp³-hybridized carbons (Fsp3) is 0.316. The molecule has 136 valence electrons. The first kappa shape index (κ1) is 17.9. The molecule has 0 saturated heterocycles. The lowest BCUT2D eigenvalue weighted by molar-refractivity contribution is 0.0600. The van der Waals surface area contributed by atoms with E-state index in [1.807, 2.05) is 36.9 Å². The van der Waals surface area contributed by atoms with Gasteiger partial charge in [0.1, 0.15) is 11.3 Å². The van der Waals surface area contributed by atoms with Crippen molar-refractivity contribution in [3.8, 4) is 16.9 Å². The van der Waals surface area contributed by atoms with Crippen LogP contribution in [0.25, 0.3) is 16.9 Å². The molecule has 0 unspecified atom stereocenters. The largest absolute Gasteiger partial charge is 0.465 e. The van der Waals surface area contributed by atoms with Crippen LogP contribution in [0.4, 0.5) is 0 Å². The zero-order valence-electron chi connectivity index (χ0n) is 15.2. The number of carbonyl (C=O) groups excluding carboxylic acids is 1. The number of hydrogen-bond donors (Lipinski definition) is 0. The molecule has 0 spiro atoms. The standard InChI is InChI=1S/C19H22N4O3/c1-21(2)10-7-11-22-12-15-17(16(13-22)19(25)26-3)20-23(18(15)24)14-8-5-4-6-9-14/h4-6,8-9,12-13H,7,10-11H2,1-3H3. The van der Waals surface area contributed by atoms with Crippen LogP contribution >= 0.6 is 0 Å². The summed E-state index contributed by atoms with van der Waals surface area (Å²) >= 11 is 0. The van der Waals surface area contributed by atoms with Gasteiger partial charge in [-0.1, -0.05) is 18.2 Å². The van der Waals surface area contributed by atoms with E-state index in [4.69, 9.17) is 4.74 Å². The molecule has 2 aliphatic rings. The molecule has 0 atom stereocenters. The summed E-state index contributed by atoms with van der Waals surface area (Å²) in [5.74, 6) is -0.505. The van der Waals surface area contributed by atoms with E-state index >= 15 is 0 Å². The second-order valence-electron chi connectivity index (χ2n) is 6.37. The first-order chi connectivity index (χ1) is 12.5. The Morgan fingerprint density at radius 3 is 2.58 bits per heavy atom. The number of carbonyl (C=O) groups is 1. The molecule has 0 aliphatic carbocycles. The van der Waals surface area contributed by atoms with Crippen molar-refractivity contribution >= 4 is 5.97 Å². The highest BCUT2D eigenvalue weighted by Gasteiger charge is 2.24. The van der Waals surface area contributed by atoms with E-state index in [-0.39, 0.29) is 5.56 Å². The minimum absolute atomic E-state index is 0.252. The number of aromatic nitrogens is 3. The third-order valence-corrected chi connectivity index (χ3v) is 4.15. The summed E-state index contributed by atoms with van der Waals surface area (Å²) in [7, 11) is 5.34. The topological polar surface area (TPSA) is 69.4 Å². The molecule has 0 amide bonds. The molecule has 0 aromatic heterocycles. The second kappa shape index (κ2) is 7.53. The number of para-hydroxylation sites is 1. The summed E-state index contributed by atoms with van der Waals surface area (Å²) in [6.07, 6.45) is 4.35. The van der Waals surface area contributed by atoms with Crippen molar-refractivity contribution in [1.82, 2.24) is 19.2 Å². The third-order valence-electron chi connectivity index (χ3n) is 4.15. The van der Waals surface area contributed by atoms with Crippen molar-refractivity contribution in [2.45, 2.75) is 13.0 Å². The van der Waals surface area contributed by atoms with Gasteiger partial charge in [-0.05, 0) is 39.2 Å². The van der Waals surface area contributed by atoms with Crippen LogP contribution in [0.15, 0.2) is 47.5 Å². The van der Waals surface area contributed by atoms with Crippen molar-refractivity contribution in [3.05, 3.63) is 58.6 Å². The van der Waals surface area contributed by atoms with Crippen molar-refractivity contribution < 1.29 is 9.53 Å². The highest BCUT2D eigenvalue weighted by atomic mass is 16.5. The Morgan fingerprint density at radius 2 is 1.92 bits per heavy atom. The van der Waals surface area contributed by atoms with Crippen molar-refractivity contribution in [1.29, 1.82) is 0 Å². The maximum Gasteiger partial charge on any atom is 0.341 e. The van der Waals surface area contributed by atoms with Gasteiger partial charge in [0.15, 0.2) is 0 Å². The van der Waals surface area contributed by atoms with Crippen LogP contribution in [0.5, 0.6) is 0 Å². The van der Waals surface area contributed by atoms with Crippen LogP contribution in [0, 0.1) is 0 Å². The van der Waals surface area contributed by atoms with Gasteiger partial charge in [-0.3, -0.25) is 4.79 Å². The lowest BCUT2D eigenvalue weighted by Crippen LogP contribution is -2.17. The second-order valence-corrected chi connectivity index (χ2v) is 6.37. The number of esters is 1. The number of aryl methyl sites for hydroxylation is 1. The number of nitrogens with zero attached hydrogens (tertiary/aromatic N) is 4. The number of ether oxygens (including phenoxy) is 1. The van der Waals surface area contributed by atoms with E-state index in [1.165, 1.54) is 11.8 Å². The number of methoxy groups -OCH3 is 1. The normalized spacial score (nSPS) is 11.2. The molecule has 7 nitrogen and oxygen atoms in total. The highest BCUT2D eigenvalue weighted by molar-refractivity contribution is 5.96. The zero-order chi connectivity index (χ0) is 18.7. The number of rotatable bonds is 6. The van der Waals surface area contributed by atoms with Crippen LogP contribution in [-0.4, -0.2) is 53.0 Å². The summed E-state index contributed by atoms with van der Waals surface area (Å²) in [6.45, 7) is 1.60. The van der Waals surface area contributed by atoms with E-state index in [2.05, 4.69) is 10.00 Å². The van der Waals surface area contributed by atoms with E-state index in [1.54, 1.807) is 24.5 Å². The quantitative estimate of drug-likeness (QED) is 0.632. The predicted octanol–water partition coefficient (Wildman–Crippen LogP) is 1.88. The van der Waals surface area contributed by atoms with E-state index < -0.39 is 5.97 Å². The molecule has 3 rings (SSSR count). The molecule has 0 fully saturated rings. The Morgan fingerprint density at radius 1 is 1.19 bits per heavy atom. The minimum Gasteiger partial charge on any atom is -0.465 e. The Bertz CT molecular complexity index is 928. The van der Waals surface area contributed by atoms with E-state index in [0.29, 0.717) is 29.1 Å². The number of fused-ring (bicyclic) bond motifs is 1. The fourth-order valence-electron chi connectivity index (χ4n) is 2.86. The Kier molecular flexibility index (Phi) is 5.18. The average Bonchev–Trinajstić information content (AvgIpc) is 2.98. The van der Waals surface area contributed by atoms with Crippen LogP contribution in [-0.2, 0) is 11.3 Å². The molecular formula is C19H22N4O3. The summed E-state index contributed by atoms with van der Waals surface area (Å²) in [6, 6.07) is 9.15. The summed E-state index contributed by atoms with van der Waals surface area (Å²) < 4.78 is 8.06. The molecular weight excluding hydrogens is 332 g/mol. The molecule has 0 radical (unpaired) electrons. The van der Waals surface area contributed by atoms with Gasteiger partial charge in [-0.25, -0.2) is 4.79 Å². The molecule has 7 heteroatoms. The van der Waals surface area contributed by atoms with Gasteiger partial charge in [0, 0.05) is 18.9 Å². The first-order valence-electron chi connectivity index (χ1n) is 8.42. The molecule has 0 bridgehead atoms. The number of hydrogen-bond acceptors (Lipinski definition) is 5. The molecule has 1 aromatic carbocycles. The minimum atomic E-state index is -0.505. The predicted molar refractivity (Wildman–Crippen MR) is 99.0 cm³/mol. The molecule has 1 aromatic rings. The lowest BCUT2D eigenvalue weighted by Gasteiger charge is -2.13. The Balaban J connectivity index is 2.10. The van der Waals surface area contributed by atoms with Gasteiger partial charge in [0.2, 0.25) is 0 Å². The van der Waals surface area contributed by atoms with Gasteiger partial charge in [0.05, 0.1) is 18.4 Å². The molecule has 0 N–H and O–H groups in total. The third kappa shape index (κ3) is 3.52. The van der Waals surface area contributed by atoms with Gasteiger partial charge in [-0.2, -0.15) is 9.78 Å². The van der Waals surface area contributed by atoms with Gasteiger partial charge >= 0.3 is 5.97 Å². The van der Waals surface area contributed by atoms with E-state index in [0.717, 1.165) is 13.0 Å². The highest BCUT2D eigenvalue weighted by Crippen LogP contribution is 2.23. The van der Waals surface area contributed by atoms with Crippen LogP contribution < -0.4 is 5.56 Å². The van der Waals surface area contributed by atoms with Crippen LogP contribution in [0.2, 0.25) is 0 Å². The van der Waals surface area contributed by atoms with Gasteiger partial charge in [-0.15, -0.1) is 0 Å². The zero-order valence-corrected chi connectivity index (χ0v) is 15.2.